The molecule has 0 N–H and O–H groups in total. The lowest BCUT2D eigenvalue weighted by atomic mass is 10.3. The van der Waals surface area contributed by atoms with Gasteiger partial charge in [-0.05, 0) is 0 Å². The fourth-order valence-electron chi connectivity index (χ4n) is 0.240. The van der Waals surface area contributed by atoms with Crippen LogP contribution in [0.15, 0.2) is 0 Å². The Bertz CT molecular complexity index is 204. The van der Waals surface area contributed by atoms with Crippen molar-refractivity contribution in [3.05, 3.63) is 0 Å². The van der Waals surface area contributed by atoms with Gasteiger partial charge >= 0.3 is 0 Å². The van der Waals surface area contributed by atoms with E-state index in [1.807, 2.05) is 0 Å². The molecule has 60 valence electrons. The molecule has 0 aromatic rings. The second-order valence-electron chi connectivity index (χ2n) is 1.56. The van der Waals surface area contributed by atoms with Crippen LogP contribution in [0.5, 0.6) is 0 Å². The number of carbonyl (C=O) groups is 1. The predicted molar refractivity (Wildman–Crippen MR) is 30.9 cm³/mol. The molecule has 0 amide bonds. The summed E-state index contributed by atoms with van der Waals surface area (Å²) in [7, 11) is -4.70. The van der Waals surface area contributed by atoms with Gasteiger partial charge in [0.05, 0.1) is 0 Å². The first-order valence-electron chi connectivity index (χ1n) is 2.57. The van der Waals surface area contributed by atoms with Crippen molar-refractivity contribution in [2.24, 2.45) is 0 Å². The molecule has 0 aliphatic heterocycles. The average molecular weight is 167 g/mol. The van der Waals surface area contributed by atoms with Crippen molar-refractivity contribution in [2.75, 3.05) is 6.61 Å². The van der Waals surface area contributed by atoms with Crippen LogP contribution in [0, 0.1) is 0 Å². The van der Waals surface area contributed by atoms with Gasteiger partial charge in [-0.1, -0.05) is 6.92 Å². The van der Waals surface area contributed by atoms with Crippen molar-refractivity contribution >= 4 is 16.2 Å². The summed E-state index contributed by atoms with van der Waals surface area (Å²) < 4.78 is 32.8. The predicted octanol–water partition coefficient (Wildman–Crippen LogP) is -0.558. The van der Waals surface area contributed by atoms with Gasteiger partial charge in [0, 0.05) is 6.42 Å². The van der Waals surface area contributed by atoms with Crippen LogP contribution in [0.2, 0.25) is 0 Å². The summed E-state index contributed by atoms with van der Waals surface area (Å²) in [4.78, 5) is 10.3. The van der Waals surface area contributed by atoms with Crippen molar-refractivity contribution in [3.8, 4) is 0 Å². The maximum Gasteiger partial charge on any atom is 0.218 e. The fourth-order valence-corrected chi connectivity index (χ4v) is 0.516. The highest BCUT2D eigenvalue weighted by molar-refractivity contribution is 7.80. The highest BCUT2D eigenvalue weighted by Gasteiger charge is 2.00. The van der Waals surface area contributed by atoms with Crippen molar-refractivity contribution in [3.63, 3.8) is 0 Å². The van der Waals surface area contributed by atoms with Gasteiger partial charge in [0.1, 0.15) is 6.61 Å². The van der Waals surface area contributed by atoms with Gasteiger partial charge < -0.3 is 4.55 Å². The first-order chi connectivity index (χ1) is 4.45. The fraction of sp³-hybridized carbons (Fsp3) is 0.750. The summed E-state index contributed by atoms with van der Waals surface area (Å²) in [6.07, 6.45) is 0.162. The summed E-state index contributed by atoms with van der Waals surface area (Å²) >= 11 is 0. The van der Waals surface area contributed by atoms with E-state index in [1.54, 1.807) is 6.92 Å². The quantitative estimate of drug-likeness (QED) is 0.414. The highest BCUT2D eigenvalue weighted by atomic mass is 32.3. The van der Waals surface area contributed by atoms with Crippen molar-refractivity contribution in [1.82, 2.24) is 0 Å². The molecule has 5 nitrogen and oxygen atoms in total. The number of ketones is 1. The minimum absolute atomic E-state index is 0.162. The van der Waals surface area contributed by atoms with Crippen molar-refractivity contribution in [1.29, 1.82) is 0 Å². The van der Waals surface area contributed by atoms with Gasteiger partial charge in [-0.3, -0.25) is 8.98 Å². The Balaban J connectivity index is 3.67. The zero-order valence-electron chi connectivity index (χ0n) is 5.36. The lowest BCUT2D eigenvalue weighted by Gasteiger charge is -2.04. The topological polar surface area (TPSA) is 83.5 Å². The summed E-state index contributed by atoms with van der Waals surface area (Å²) in [5.41, 5.74) is 0. The standard InChI is InChI=1S/C4H8O5S/c1-2-4(5)3-9-10(6,7)8/h2-3H2,1H3,(H,6,7,8)/p-1. The summed E-state index contributed by atoms with van der Waals surface area (Å²) in [6.45, 7) is 0.894. The zero-order valence-corrected chi connectivity index (χ0v) is 6.18. The van der Waals surface area contributed by atoms with Crippen LogP contribution in [0.1, 0.15) is 13.3 Å². The molecule has 0 unspecified atom stereocenters. The number of Topliss-reactive ketones (excluding diaryl/α,β-unsaturated/α-hetero) is 1. The van der Waals surface area contributed by atoms with Crippen LogP contribution in [-0.2, 0) is 19.4 Å². The van der Waals surface area contributed by atoms with E-state index >= 15 is 0 Å². The van der Waals surface area contributed by atoms with Gasteiger partial charge in [0.15, 0.2) is 5.78 Å². The van der Waals surface area contributed by atoms with E-state index < -0.39 is 22.8 Å². The molecular weight excluding hydrogens is 160 g/mol. The largest absolute Gasteiger partial charge is 0.726 e. The summed E-state index contributed by atoms with van der Waals surface area (Å²) in [5, 5.41) is 0. The molecule has 6 heteroatoms. The number of carbonyl (C=O) groups excluding carboxylic acids is 1. The van der Waals surface area contributed by atoms with Crippen LogP contribution in [0.3, 0.4) is 0 Å². The van der Waals surface area contributed by atoms with Crippen LogP contribution in [0.25, 0.3) is 0 Å². The highest BCUT2D eigenvalue weighted by Crippen LogP contribution is 1.88. The van der Waals surface area contributed by atoms with Crippen LogP contribution in [-0.4, -0.2) is 25.4 Å². The minimum Gasteiger partial charge on any atom is -0.726 e. The summed E-state index contributed by atoms with van der Waals surface area (Å²) in [5.74, 6) is -0.417. The molecule has 0 heterocycles. The number of rotatable bonds is 4. The maximum atomic E-state index is 10.3. The molecule has 0 saturated carbocycles. The number of hydrogen-bond donors (Lipinski definition) is 0. The monoisotopic (exact) mass is 167 g/mol. The Kier molecular flexibility index (Phi) is 3.48. The second-order valence-corrected chi connectivity index (χ2v) is 2.61. The normalized spacial score (nSPS) is 11.4. The van der Waals surface area contributed by atoms with E-state index in [1.165, 1.54) is 0 Å². The third-order valence-electron chi connectivity index (χ3n) is 0.759. The molecular formula is C4H7O5S-. The lowest BCUT2D eigenvalue weighted by molar-refractivity contribution is -0.120. The third kappa shape index (κ3) is 5.67. The van der Waals surface area contributed by atoms with E-state index in [0.29, 0.717) is 0 Å². The molecule has 0 aromatic carbocycles. The molecule has 0 aromatic heterocycles. The lowest BCUT2D eigenvalue weighted by Crippen LogP contribution is -2.12. The molecule has 0 aliphatic carbocycles. The SMILES string of the molecule is CCC(=O)COS(=O)(=O)[O-]. The molecule has 0 spiro atoms. The Morgan fingerprint density at radius 2 is 2.10 bits per heavy atom. The summed E-state index contributed by atoms with van der Waals surface area (Å²) in [6, 6.07) is 0. The maximum absolute atomic E-state index is 10.3. The smallest absolute Gasteiger partial charge is 0.218 e. The van der Waals surface area contributed by atoms with E-state index in [-0.39, 0.29) is 6.42 Å². The van der Waals surface area contributed by atoms with E-state index in [0.717, 1.165) is 0 Å². The molecule has 0 fully saturated rings. The van der Waals surface area contributed by atoms with Gasteiger partial charge in [0.25, 0.3) is 0 Å². The molecule has 0 radical (unpaired) electrons. The first-order valence-corrected chi connectivity index (χ1v) is 3.91. The van der Waals surface area contributed by atoms with Crippen LogP contribution < -0.4 is 0 Å². The molecule has 0 rings (SSSR count). The Morgan fingerprint density at radius 1 is 1.60 bits per heavy atom. The molecule has 0 aliphatic rings. The molecule has 0 atom stereocenters. The van der Waals surface area contributed by atoms with Gasteiger partial charge in [0.2, 0.25) is 10.4 Å². The van der Waals surface area contributed by atoms with Gasteiger partial charge in [-0.2, -0.15) is 0 Å². The molecule has 0 bridgehead atoms. The van der Waals surface area contributed by atoms with Crippen LogP contribution >= 0.6 is 0 Å². The average Bonchev–Trinajstić information content (AvgIpc) is 1.81. The Labute approximate surface area is 58.9 Å². The zero-order chi connectivity index (χ0) is 8.20. The third-order valence-corrected chi connectivity index (χ3v) is 1.17. The van der Waals surface area contributed by atoms with E-state index in [4.69, 9.17) is 0 Å². The van der Waals surface area contributed by atoms with Gasteiger partial charge in [-0.15, -0.1) is 0 Å². The molecule has 10 heavy (non-hydrogen) atoms. The van der Waals surface area contributed by atoms with E-state index in [2.05, 4.69) is 4.18 Å². The van der Waals surface area contributed by atoms with E-state index in [9.17, 15) is 17.8 Å². The Morgan fingerprint density at radius 3 is 2.40 bits per heavy atom. The first kappa shape index (κ1) is 9.54. The number of hydrogen-bond acceptors (Lipinski definition) is 5. The Hall–Kier alpha value is -0.460. The van der Waals surface area contributed by atoms with Crippen molar-refractivity contribution in [2.45, 2.75) is 13.3 Å². The minimum atomic E-state index is -4.70. The second kappa shape index (κ2) is 3.65. The van der Waals surface area contributed by atoms with Gasteiger partial charge in [-0.25, -0.2) is 8.42 Å². The van der Waals surface area contributed by atoms with Crippen molar-refractivity contribution < 1.29 is 21.9 Å². The van der Waals surface area contributed by atoms with Crippen LogP contribution in [0.4, 0.5) is 0 Å². The molecule has 0 saturated heterocycles.